The average molecular weight is 491 g/mol. The zero-order valence-electron chi connectivity index (χ0n) is 21.1. The Morgan fingerprint density at radius 1 is 1.08 bits per heavy atom. The number of pyridine rings is 1. The molecule has 0 aliphatic carbocycles. The number of hydrogen-bond acceptors (Lipinski definition) is 6. The van der Waals surface area contributed by atoms with Crippen LogP contribution >= 0.6 is 0 Å². The zero-order chi connectivity index (χ0) is 25.5. The van der Waals surface area contributed by atoms with Crippen molar-refractivity contribution >= 4 is 17.5 Å². The fourth-order valence-electron chi connectivity index (χ4n) is 4.24. The van der Waals surface area contributed by atoms with Gasteiger partial charge in [-0.3, -0.25) is 24.4 Å². The molecule has 1 aromatic carbocycles. The number of carbonyl (C=O) groups is 2. The van der Waals surface area contributed by atoms with Crippen molar-refractivity contribution in [2.45, 2.75) is 32.2 Å². The minimum Gasteiger partial charge on any atom is -0.459 e. The Morgan fingerprint density at radius 2 is 1.83 bits per heavy atom. The molecule has 1 N–H and O–H groups in total. The Kier molecular flexibility index (Phi) is 8.18. The minimum atomic E-state index is -0.929. The van der Waals surface area contributed by atoms with Crippen molar-refractivity contribution < 1.29 is 18.7 Å². The van der Waals surface area contributed by atoms with Crippen LogP contribution in [0.4, 0.5) is 5.69 Å². The second-order valence-electron chi connectivity index (χ2n) is 9.88. The van der Waals surface area contributed by atoms with Gasteiger partial charge in [-0.05, 0) is 41.3 Å². The number of ether oxygens (including phenoxy) is 1. The molecule has 3 aromatic rings. The Labute approximate surface area is 212 Å². The molecule has 190 valence electrons. The minimum absolute atomic E-state index is 0.0476. The van der Waals surface area contributed by atoms with E-state index in [0.717, 1.165) is 18.7 Å². The van der Waals surface area contributed by atoms with Crippen LogP contribution in [0.5, 0.6) is 0 Å². The van der Waals surface area contributed by atoms with Gasteiger partial charge in [-0.2, -0.15) is 0 Å². The molecule has 8 nitrogen and oxygen atoms in total. The fraction of sp³-hybridized carbons (Fsp3) is 0.393. The lowest BCUT2D eigenvalue weighted by Gasteiger charge is -2.32. The Morgan fingerprint density at radius 3 is 2.44 bits per heavy atom. The standard InChI is InChI=1S/C28H34N4O4/c1-28(2,3)22-8-10-23(11-9-22)32(27(34)24-7-5-17-36-24)25(21-6-4-12-29-20-21)26(33)30-13-14-31-15-18-35-19-16-31/h4-12,17,20,25H,13-16,18-19H2,1-3H3,(H,30,33). The lowest BCUT2D eigenvalue weighted by Crippen LogP contribution is -2.46. The highest BCUT2D eigenvalue weighted by Crippen LogP contribution is 2.32. The van der Waals surface area contributed by atoms with E-state index in [1.54, 1.807) is 30.6 Å². The summed E-state index contributed by atoms with van der Waals surface area (Å²) in [6.07, 6.45) is 4.72. The van der Waals surface area contributed by atoms with Crippen molar-refractivity contribution in [1.82, 2.24) is 15.2 Å². The van der Waals surface area contributed by atoms with E-state index in [0.29, 0.717) is 37.6 Å². The van der Waals surface area contributed by atoms with Crippen molar-refractivity contribution in [3.8, 4) is 0 Å². The molecule has 1 aliphatic rings. The highest BCUT2D eigenvalue weighted by atomic mass is 16.5. The van der Waals surface area contributed by atoms with Crippen LogP contribution in [0.2, 0.25) is 0 Å². The van der Waals surface area contributed by atoms with E-state index < -0.39 is 11.9 Å². The molecule has 1 unspecified atom stereocenters. The number of carbonyl (C=O) groups excluding carboxylic acids is 2. The predicted molar refractivity (Wildman–Crippen MR) is 138 cm³/mol. The summed E-state index contributed by atoms with van der Waals surface area (Å²) >= 11 is 0. The Balaban J connectivity index is 1.67. The summed E-state index contributed by atoms with van der Waals surface area (Å²) in [5.41, 5.74) is 2.29. The molecule has 1 saturated heterocycles. The third-order valence-corrected chi connectivity index (χ3v) is 6.30. The monoisotopic (exact) mass is 490 g/mol. The number of amides is 2. The van der Waals surface area contributed by atoms with Crippen molar-refractivity contribution in [1.29, 1.82) is 0 Å². The molecule has 0 saturated carbocycles. The second-order valence-corrected chi connectivity index (χ2v) is 9.88. The predicted octanol–water partition coefficient (Wildman–Crippen LogP) is 3.81. The van der Waals surface area contributed by atoms with Gasteiger partial charge >= 0.3 is 0 Å². The molecule has 36 heavy (non-hydrogen) atoms. The number of rotatable bonds is 8. The summed E-state index contributed by atoms with van der Waals surface area (Å²) in [5.74, 6) is -0.526. The number of furan rings is 1. The first kappa shape index (κ1) is 25.6. The van der Waals surface area contributed by atoms with E-state index >= 15 is 0 Å². The van der Waals surface area contributed by atoms with E-state index in [4.69, 9.17) is 9.15 Å². The largest absolute Gasteiger partial charge is 0.459 e. The van der Waals surface area contributed by atoms with Gasteiger partial charge in [0.15, 0.2) is 5.76 Å². The van der Waals surface area contributed by atoms with Crippen LogP contribution in [0.25, 0.3) is 0 Å². The average Bonchev–Trinajstić information content (AvgIpc) is 3.43. The van der Waals surface area contributed by atoms with Crippen LogP contribution in [0.3, 0.4) is 0 Å². The van der Waals surface area contributed by atoms with Gasteiger partial charge < -0.3 is 14.5 Å². The summed E-state index contributed by atoms with van der Waals surface area (Å²) < 4.78 is 10.9. The van der Waals surface area contributed by atoms with Crippen LogP contribution in [-0.4, -0.2) is 61.1 Å². The van der Waals surface area contributed by atoms with Gasteiger partial charge in [0.1, 0.15) is 6.04 Å². The highest BCUT2D eigenvalue weighted by Gasteiger charge is 2.35. The van der Waals surface area contributed by atoms with Crippen LogP contribution in [0, 0.1) is 0 Å². The first-order valence-electron chi connectivity index (χ1n) is 12.3. The van der Waals surface area contributed by atoms with Crippen molar-refractivity contribution in [2.24, 2.45) is 0 Å². The van der Waals surface area contributed by atoms with Gasteiger partial charge in [0.05, 0.1) is 19.5 Å². The molecule has 4 rings (SSSR count). The van der Waals surface area contributed by atoms with Gasteiger partial charge in [-0.25, -0.2) is 0 Å². The molecule has 1 fully saturated rings. The van der Waals surface area contributed by atoms with Crippen LogP contribution < -0.4 is 10.2 Å². The normalized spacial score (nSPS) is 15.3. The highest BCUT2D eigenvalue weighted by molar-refractivity contribution is 6.08. The van der Waals surface area contributed by atoms with E-state index in [-0.39, 0.29) is 17.1 Å². The SMILES string of the molecule is CC(C)(C)c1ccc(N(C(=O)c2ccco2)C(C(=O)NCCN2CCOCC2)c2cccnc2)cc1. The maximum absolute atomic E-state index is 13.7. The van der Waals surface area contributed by atoms with Gasteiger partial charge in [0.25, 0.3) is 5.91 Å². The lowest BCUT2D eigenvalue weighted by atomic mass is 9.87. The molecular weight excluding hydrogens is 456 g/mol. The summed E-state index contributed by atoms with van der Waals surface area (Å²) in [7, 11) is 0. The Bertz CT molecular complexity index is 1120. The van der Waals surface area contributed by atoms with Crippen LogP contribution in [-0.2, 0) is 14.9 Å². The number of hydrogen-bond donors (Lipinski definition) is 1. The number of aromatic nitrogens is 1. The fourth-order valence-corrected chi connectivity index (χ4v) is 4.24. The molecule has 2 amide bonds. The first-order chi connectivity index (χ1) is 17.3. The van der Waals surface area contributed by atoms with Crippen LogP contribution in [0.1, 0.15) is 48.5 Å². The Hall–Kier alpha value is -3.49. The van der Waals surface area contributed by atoms with Crippen molar-refractivity contribution in [3.05, 3.63) is 84.1 Å². The zero-order valence-corrected chi connectivity index (χ0v) is 21.1. The summed E-state index contributed by atoms with van der Waals surface area (Å²) in [4.78, 5) is 35.4. The number of nitrogens with one attached hydrogen (secondary N) is 1. The maximum Gasteiger partial charge on any atom is 0.294 e. The topological polar surface area (TPSA) is 87.9 Å². The molecule has 2 aromatic heterocycles. The second kappa shape index (κ2) is 11.5. The molecule has 8 heteroatoms. The van der Waals surface area contributed by atoms with Gasteiger partial charge in [0.2, 0.25) is 5.91 Å². The molecule has 0 spiro atoms. The molecule has 1 aliphatic heterocycles. The quantitative estimate of drug-likeness (QED) is 0.517. The van der Waals surface area contributed by atoms with E-state index in [9.17, 15) is 9.59 Å². The van der Waals surface area contributed by atoms with Crippen molar-refractivity contribution in [3.63, 3.8) is 0 Å². The molecular formula is C28H34N4O4. The lowest BCUT2D eigenvalue weighted by molar-refractivity contribution is -0.122. The van der Waals surface area contributed by atoms with Gasteiger partial charge in [0, 0.05) is 49.8 Å². The third kappa shape index (κ3) is 6.19. The molecule has 1 atom stereocenters. The molecule has 0 bridgehead atoms. The van der Waals surface area contributed by atoms with Crippen LogP contribution in [0.15, 0.2) is 71.6 Å². The van der Waals surface area contributed by atoms with Gasteiger partial charge in [-0.1, -0.05) is 39.0 Å². The van der Waals surface area contributed by atoms with Crippen molar-refractivity contribution in [2.75, 3.05) is 44.3 Å². The maximum atomic E-state index is 13.7. The summed E-state index contributed by atoms with van der Waals surface area (Å²) in [6.45, 7) is 10.6. The molecule has 0 radical (unpaired) electrons. The smallest absolute Gasteiger partial charge is 0.294 e. The van der Waals surface area contributed by atoms with E-state index in [1.807, 2.05) is 30.3 Å². The summed E-state index contributed by atoms with van der Waals surface area (Å²) in [6, 6.07) is 13.7. The number of morpholine rings is 1. The number of anilines is 1. The van der Waals surface area contributed by atoms with E-state index in [2.05, 4.69) is 36.0 Å². The summed E-state index contributed by atoms with van der Waals surface area (Å²) in [5, 5.41) is 3.04. The molecule has 3 heterocycles. The third-order valence-electron chi connectivity index (χ3n) is 6.30. The van der Waals surface area contributed by atoms with E-state index in [1.165, 1.54) is 11.2 Å². The van der Waals surface area contributed by atoms with Gasteiger partial charge in [-0.15, -0.1) is 0 Å². The first-order valence-corrected chi connectivity index (χ1v) is 12.3. The number of benzene rings is 1. The number of nitrogens with zero attached hydrogens (tertiary/aromatic N) is 3.